The van der Waals surface area contributed by atoms with E-state index in [1.54, 1.807) is 13.2 Å². The fourth-order valence-corrected chi connectivity index (χ4v) is 1.92. The number of aromatic nitrogens is 3. The van der Waals surface area contributed by atoms with Crippen molar-refractivity contribution in [2.24, 2.45) is 4.99 Å². The van der Waals surface area contributed by atoms with E-state index < -0.39 is 0 Å². The highest BCUT2D eigenvalue weighted by Gasteiger charge is 1.97. The Kier molecular flexibility index (Phi) is 8.56. The van der Waals surface area contributed by atoms with Gasteiger partial charge in [0, 0.05) is 58.0 Å². The molecule has 0 radical (unpaired) electrons. The number of nitrogens with zero attached hydrogens (tertiary/aromatic N) is 4. The van der Waals surface area contributed by atoms with E-state index in [0.29, 0.717) is 0 Å². The van der Waals surface area contributed by atoms with Crippen LogP contribution in [0.5, 0.6) is 0 Å². The summed E-state index contributed by atoms with van der Waals surface area (Å²) in [6, 6.07) is 6.00. The lowest BCUT2D eigenvalue weighted by Gasteiger charge is -2.12. The smallest absolute Gasteiger partial charge is 0.191 e. The van der Waals surface area contributed by atoms with Gasteiger partial charge in [-0.15, -0.1) is 24.0 Å². The minimum atomic E-state index is 0. The lowest BCUT2D eigenvalue weighted by molar-refractivity contribution is 0.569. The maximum absolute atomic E-state index is 4.20. The van der Waals surface area contributed by atoms with E-state index in [-0.39, 0.29) is 24.0 Å². The predicted molar refractivity (Wildman–Crippen MR) is 96.1 cm³/mol. The molecule has 0 spiro atoms. The molecule has 6 nitrogen and oxygen atoms in total. The Morgan fingerprint density at radius 3 is 2.48 bits per heavy atom. The molecular weight excluding hydrogens is 379 g/mol. The number of aliphatic imine (C=N–C) groups is 1. The predicted octanol–water partition coefficient (Wildman–Crippen LogP) is 1.56. The first-order valence-corrected chi connectivity index (χ1v) is 6.91. The maximum Gasteiger partial charge on any atom is 0.191 e. The van der Waals surface area contributed by atoms with Gasteiger partial charge >= 0.3 is 0 Å². The summed E-state index contributed by atoms with van der Waals surface area (Å²) in [6.07, 6.45) is 8.91. The van der Waals surface area contributed by atoms with Crippen LogP contribution in [0, 0.1) is 0 Å². The lowest BCUT2D eigenvalue weighted by atomic mass is 10.4. The Bertz CT molecular complexity index is 492. The van der Waals surface area contributed by atoms with Gasteiger partial charge < -0.3 is 15.2 Å². The summed E-state index contributed by atoms with van der Waals surface area (Å²) in [5.74, 6) is 0.845. The molecule has 0 aromatic carbocycles. The molecular formula is C14H23IN6. The summed E-state index contributed by atoms with van der Waals surface area (Å²) < 4.78 is 4.07. The van der Waals surface area contributed by atoms with Crippen LogP contribution in [-0.4, -0.2) is 40.4 Å². The van der Waals surface area contributed by atoms with E-state index in [1.807, 2.05) is 29.1 Å². The van der Waals surface area contributed by atoms with E-state index in [4.69, 9.17) is 0 Å². The average Bonchev–Trinajstić information content (AvgIpc) is 3.14. The number of halogens is 1. The summed E-state index contributed by atoms with van der Waals surface area (Å²) >= 11 is 0. The third-order valence-corrected chi connectivity index (χ3v) is 2.97. The lowest BCUT2D eigenvalue weighted by Crippen LogP contribution is -2.39. The topological polar surface area (TPSA) is 59.2 Å². The summed E-state index contributed by atoms with van der Waals surface area (Å²) in [5, 5.41) is 10.8. The highest BCUT2D eigenvalue weighted by atomic mass is 127. The maximum atomic E-state index is 4.20. The number of hydrogen-bond acceptors (Lipinski definition) is 2. The number of guanidine groups is 1. The molecule has 0 aliphatic carbocycles. The van der Waals surface area contributed by atoms with Crippen LogP contribution >= 0.6 is 24.0 Å². The third kappa shape index (κ3) is 6.65. The second-order valence-electron chi connectivity index (χ2n) is 4.47. The minimum Gasteiger partial charge on any atom is -0.356 e. The first-order chi connectivity index (χ1) is 9.88. The Morgan fingerprint density at radius 1 is 1.05 bits per heavy atom. The van der Waals surface area contributed by atoms with Crippen molar-refractivity contribution in [3.8, 4) is 0 Å². The Balaban J connectivity index is 0.00000220. The van der Waals surface area contributed by atoms with Crippen molar-refractivity contribution in [2.75, 3.05) is 20.1 Å². The van der Waals surface area contributed by atoms with Gasteiger partial charge in [-0.2, -0.15) is 5.10 Å². The van der Waals surface area contributed by atoms with Gasteiger partial charge in [0.25, 0.3) is 0 Å². The summed E-state index contributed by atoms with van der Waals surface area (Å²) in [7, 11) is 1.79. The van der Waals surface area contributed by atoms with Crippen molar-refractivity contribution in [1.82, 2.24) is 25.0 Å². The highest BCUT2D eigenvalue weighted by molar-refractivity contribution is 14.0. The molecule has 2 aromatic heterocycles. The molecule has 2 heterocycles. The third-order valence-electron chi connectivity index (χ3n) is 2.97. The Morgan fingerprint density at radius 2 is 1.81 bits per heavy atom. The van der Waals surface area contributed by atoms with Gasteiger partial charge in [-0.1, -0.05) is 0 Å². The van der Waals surface area contributed by atoms with Gasteiger partial charge in [0.1, 0.15) is 0 Å². The fourth-order valence-electron chi connectivity index (χ4n) is 1.92. The molecule has 0 bridgehead atoms. The van der Waals surface area contributed by atoms with Crippen LogP contribution in [0.15, 0.2) is 48.0 Å². The largest absolute Gasteiger partial charge is 0.356 e. The molecule has 0 saturated carbocycles. The van der Waals surface area contributed by atoms with Gasteiger partial charge in [0.05, 0.1) is 0 Å². The molecule has 2 aromatic rings. The van der Waals surface area contributed by atoms with Crippen molar-refractivity contribution in [2.45, 2.75) is 19.5 Å². The van der Waals surface area contributed by atoms with E-state index in [9.17, 15) is 0 Å². The van der Waals surface area contributed by atoms with Crippen molar-refractivity contribution in [3.05, 3.63) is 43.0 Å². The molecule has 0 unspecified atom stereocenters. The van der Waals surface area contributed by atoms with E-state index in [0.717, 1.165) is 38.6 Å². The molecule has 0 fully saturated rings. The number of hydrogen-bond donors (Lipinski definition) is 2. The van der Waals surface area contributed by atoms with Crippen LogP contribution in [0.4, 0.5) is 0 Å². The minimum absolute atomic E-state index is 0. The van der Waals surface area contributed by atoms with Crippen molar-refractivity contribution >= 4 is 29.9 Å². The van der Waals surface area contributed by atoms with Crippen LogP contribution in [0.25, 0.3) is 0 Å². The SMILES string of the molecule is CN=C(NCCCn1cccn1)NCCn1cccc1.I. The van der Waals surface area contributed by atoms with Crippen molar-refractivity contribution < 1.29 is 0 Å². The normalized spacial score (nSPS) is 11.0. The molecule has 116 valence electrons. The van der Waals surface area contributed by atoms with Crippen LogP contribution in [-0.2, 0) is 13.1 Å². The fraction of sp³-hybridized carbons (Fsp3) is 0.429. The zero-order valence-electron chi connectivity index (χ0n) is 12.3. The van der Waals surface area contributed by atoms with Gasteiger partial charge in [0.2, 0.25) is 0 Å². The molecule has 7 heteroatoms. The van der Waals surface area contributed by atoms with Gasteiger partial charge in [-0.25, -0.2) is 0 Å². The van der Waals surface area contributed by atoms with Crippen LogP contribution in [0.1, 0.15) is 6.42 Å². The quantitative estimate of drug-likeness (QED) is 0.320. The van der Waals surface area contributed by atoms with Crippen molar-refractivity contribution in [1.29, 1.82) is 0 Å². The molecule has 0 aliphatic rings. The second-order valence-corrected chi connectivity index (χ2v) is 4.47. The first kappa shape index (κ1) is 17.5. The average molecular weight is 402 g/mol. The monoisotopic (exact) mass is 402 g/mol. The van der Waals surface area contributed by atoms with E-state index in [2.05, 4.69) is 37.7 Å². The standard InChI is InChI=1S/C14H22N6.HI/c1-15-14(17-8-13-19-9-2-3-10-19)16-6-4-11-20-12-5-7-18-20;/h2-3,5,7,9-10,12H,4,6,8,11,13H2,1H3,(H2,15,16,17);1H. The molecule has 2 rings (SSSR count). The second kappa shape index (κ2) is 10.3. The van der Waals surface area contributed by atoms with Gasteiger partial charge in [0.15, 0.2) is 5.96 Å². The Labute approximate surface area is 142 Å². The summed E-state index contributed by atoms with van der Waals surface area (Å²) in [6.45, 7) is 3.58. The molecule has 21 heavy (non-hydrogen) atoms. The molecule has 0 saturated heterocycles. The molecule has 2 N–H and O–H groups in total. The van der Waals surface area contributed by atoms with E-state index in [1.165, 1.54) is 0 Å². The number of nitrogens with one attached hydrogen (secondary N) is 2. The highest BCUT2D eigenvalue weighted by Crippen LogP contribution is 1.89. The number of aryl methyl sites for hydroxylation is 1. The summed E-state index contributed by atoms with van der Waals surface area (Å²) in [4.78, 5) is 4.20. The van der Waals surface area contributed by atoms with Crippen LogP contribution in [0.3, 0.4) is 0 Å². The first-order valence-electron chi connectivity index (χ1n) is 6.91. The van der Waals surface area contributed by atoms with Crippen molar-refractivity contribution in [3.63, 3.8) is 0 Å². The van der Waals surface area contributed by atoms with Gasteiger partial charge in [-0.05, 0) is 24.6 Å². The zero-order chi connectivity index (χ0) is 14.0. The van der Waals surface area contributed by atoms with Crippen LogP contribution < -0.4 is 10.6 Å². The van der Waals surface area contributed by atoms with Crippen LogP contribution in [0.2, 0.25) is 0 Å². The summed E-state index contributed by atoms with van der Waals surface area (Å²) in [5.41, 5.74) is 0. The Hall–Kier alpha value is -1.51. The molecule has 0 atom stereocenters. The molecule has 0 aliphatic heterocycles. The number of rotatable bonds is 7. The molecule has 0 amide bonds. The zero-order valence-corrected chi connectivity index (χ0v) is 14.6. The van der Waals surface area contributed by atoms with Gasteiger partial charge in [-0.3, -0.25) is 9.67 Å². The van der Waals surface area contributed by atoms with E-state index >= 15 is 0 Å².